The Morgan fingerprint density at radius 2 is 1.87 bits per heavy atom. The molecule has 246 valence electrons. The molecule has 0 amide bonds. The van der Waals surface area contributed by atoms with Crippen molar-refractivity contribution in [1.82, 2.24) is 30.1 Å². The van der Waals surface area contributed by atoms with Gasteiger partial charge in [-0.15, -0.1) is 0 Å². The number of aromatic nitrogens is 4. The lowest BCUT2D eigenvalue weighted by molar-refractivity contribution is -0.155. The second-order valence-electron chi connectivity index (χ2n) is 12.6. The molecule has 0 saturated carbocycles. The molecule has 0 aliphatic carbocycles. The van der Waals surface area contributed by atoms with Gasteiger partial charge >= 0.3 is 0 Å². The van der Waals surface area contributed by atoms with Crippen LogP contribution in [0.25, 0.3) is 16.9 Å². The number of rotatable bonds is 11. The number of anilines is 1. The number of pyridine rings is 2. The first-order chi connectivity index (χ1) is 22.9. The molecule has 4 aromatic rings. The minimum atomic E-state index is -0.575. The molecule has 6 heterocycles. The number of methoxy groups -OCH3 is 1. The number of nitrogens with zero attached hydrogens (tertiary/aromatic N) is 6. The Morgan fingerprint density at radius 3 is 2.60 bits per heavy atom. The number of para-hydroxylation sites is 1. The molecule has 7 rings (SSSR count). The Kier molecular flexibility index (Phi) is 9.37. The highest BCUT2D eigenvalue weighted by molar-refractivity contribution is 5.82. The zero-order valence-corrected chi connectivity index (χ0v) is 26.7. The van der Waals surface area contributed by atoms with Crippen molar-refractivity contribution in [2.75, 3.05) is 58.0 Å². The fourth-order valence-corrected chi connectivity index (χ4v) is 6.93. The van der Waals surface area contributed by atoms with Gasteiger partial charge in [0.1, 0.15) is 17.7 Å². The number of halogens is 1. The van der Waals surface area contributed by atoms with E-state index in [0.717, 1.165) is 47.1 Å². The third kappa shape index (κ3) is 6.97. The molecular formula is C35H40FN7O4. The molecule has 11 nitrogen and oxygen atoms in total. The average Bonchev–Trinajstić information content (AvgIpc) is 3.64. The summed E-state index contributed by atoms with van der Waals surface area (Å²) in [5.74, 6) is 0.251. The van der Waals surface area contributed by atoms with E-state index < -0.39 is 12.1 Å². The zero-order chi connectivity index (χ0) is 32.3. The topological polar surface area (TPSA) is 107 Å². The maximum atomic E-state index is 14.1. The fraction of sp³-hybridized carbons (Fsp3) is 0.429. The van der Waals surface area contributed by atoms with E-state index in [9.17, 15) is 9.18 Å². The normalized spacial score (nSPS) is 22.9. The number of Topliss-reactive ketones (excluding diaryl/α,β-unsaturated/α-hetero) is 1. The lowest BCUT2D eigenvalue weighted by Gasteiger charge is -2.42. The van der Waals surface area contributed by atoms with Crippen molar-refractivity contribution in [3.05, 3.63) is 89.8 Å². The van der Waals surface area contributed by atoms with E-state index >= 15 is 0 Å². The minimum absolute atomic E-state index is 0.0557. The maximum Gasteiger partial charge on any atom is 0.213 e. The van der Waals surface area contributed by atoms with E-state index in [2.05, 4.69) is 27.3 Å². The summed E-state index contributed by atoms with van der Waals surface area (Å²) in [5, 5.41) is 10.5. The SMILES string of the molecule is COCCN1C[C@@H](CC(=O)Cc2c(C)c(-c3ccc(N4C[C@H]5COC[C@@H](C4)N5)nc3)nn2-c2ccccc2)[C@H](c2ccnc(F)c2)O1. The number of carbonyl (C=O) groups is 1. The van der Waals surface area contributed by atoms with Crippen molar-refractivity contribution < 1.29 is 23.5 Å². The van der Waals surface area contributed by atoms with Gasteiger partial charge in [0.15, 0.2) is 0 Å². The molecule has 2 bridgehead atoms. The summed E-state index contributed by atoms with van der Waals surface area (Å²) in [4.78, 5) is 30.9. The number of piperazine rings is 1. The lowest BCUT2D eigenvalue weighted by atomic mass is 9.91. The van der Waals surface area contributed by atoms with Crippen molar-refractivity contribution in [3.8, 4) is 16.9 Å². The van der Waals surface area contributed by atoms with Crippen LogP contribution in [0.1, 0.15) is 29.3 Å². The van der Waals surface area contributed by atoms with Crippen molar-refractivity contribution in [1.29, 1.82) is 0 Å². The van der Waals surface area contributed by atoms with Gasteiger partial charge in [0.05, 0.1) is 36.9 Å². The molecule has 3 fully saturated rings. The molecule has 12 heteroatoms. The van der Waals surface area contributed by atoms with Crippen LogP contribution in [0.4, 0.5) is 10.2 Å². The molecule has 1 aromatic carbocycles. The van der Waals surface area contributed by atoms with Crippen LogP contribution in [0.3, 0.4) is 0 Å². The number of hydroxylamine groups is 2. The van der Waals surface area contributed by atoms with Crippen LogP contribution in [0.2, 0.25) is 0 Å². The van der Waals surface area contributed by atoms with Gasteiger partial charge in [-0.2, -0.15) is 14.6 Å². The van der Waals surface area contributed by atoms with E-state index in [1.165, 1.54) is 12.3 Å². The molecule has 3 saturated heterocycles. The second kappa shape index (κ2) is 14.0. The number of nitrogens with one attached hydrogen (secondary N) is 1. The first kappa shape index (κ1) is 31.5. The van der Waals surface area contributed by atoms with Crippen LogP contribution < -0.4 is 10.2 Å². The number of carbonyl (C=O) groups excluding carboxylic acids is 1. The van der Waals surface area contributed by atoms with Gasteiger partial charge in [0.2, 0.25) is 5.95 Å². The van der Waals surface area contributed by atoms with Gasteiger partial charge in [0, 0.05) is 82.1 Å². The van der Waals surface area contributed by atoms with Crippen molar-refractivity contribution in [2.24, 2.45) is 5.92 Å². The summed E-state index contributed by atoms with van der Waals surface area (Å²) in [5.41, 5.74) is 4.99. The predicted molar refractivity (Wildman–Crippen MR) is 174 cm³/mol. The molecule has 4 atom stereocenters. The Labute approximate surface area is 273 Å². The number of ether oxygens (including phenoxy) is 2. The monoisotopic (exact) mass is 641 g/mol. The van der Waals surface area contributed by atoms with E-state index in [1.807, 2.05) is 48.1 Å². The van der Waals surface area contributed by atoms with E-state index in [-0.39, 0.29) is 24.5 Å². The van der Waals surface area contributed by atoms with Gasteiger partial charge in [-0.25, -0.2) is 14.6 Å². The fourth-order valence-electron chi connectivity index (χ4n) is 6.93. The summed E-state index contributed by atoms with van der Waals surface area (Å²) in [7, 11) is 1.64. The van der Waals surface area contributed by atoms with Crippen LogP contribution in [0, 0.1) is 18.8 Å². The Balaban J connectivity index is 1.13. The van der Waals surface area contributed by atoms with E-state index in [1.54, 1.807) is 18.2 Å². The quantitative estimate of drug-likeness (QED) is 0.244. The third-order valence-electron chi connectivity index (χ3n) is 9.19. The lowest BCUT2D eigenvalue weighted by Crippen LogP contribution is -2.63. The van der Waals surface area contributed by atoms with Gasteiger partial charge in [-0.3, -0.25) is 9.63 Å². The van der Waals surface area contributed by atoms with Gasteiger partial charge in [-0.1, -0.05) is 18.2 Å². The molecule has 0 radical (unpaired) electrons. The molecule has 3 aromatic heterocycles. The highest BCUT2D eigenvalue weighted by atomic mass is 19.1. The summed E-state index contributed by atoms with van der Waals surface area (Å²) >= 11 is 0. The van der Waals surface area contributed by atoms with Crippen molar-refractivity contribution >= 4 is 11.6 Å². The van der Waals surface area contributed by atoms with Gasteiger partial charge in [-0.05, 0) is 54.4 Å². The molecule has 3 aliphatic rings. The van der Waals surface area contributed by atoms with Gasteiger partial charge in [0.25, 0.3) is 0 Å². The Morgan fingerprint density at radius 1 is 1.06 bits per heavy atom. The van der Waals surface area contributed by atoms with Crippen LogP contribution >= 0.6 is 0 Å². The largest absolute Gasteiger partial charge is 0.383 e. The van der Waals surface area contributed by atoms with E-state index in [0.29, 0.717) is 50.6 Å². The zero-order valence-electron chi connectivity index (χ0n) is 26.7. The first-order valence-corrected chi connectivity index (χ1v) is 16.2. The van der Waals surface area contributed by atoms with Gasteiger partial charge < -0.3 is 19.7 Å². The van der Waals surface area contributed by atoms with Crippen LogP contribution in [-0.2, 0) is 25.5 Å². The molecule has 0 spiro atoms. The molecular weight excluding hydrogens is 601 g/mol. The number of morpholine rings is 1. The minimum Gasteiger partial charge on any atom is -0.383 e. The summed E-state index contributed by atoms with van der Waals surface area (Å²) in [6, 6.07) is 17.7. The number of benzene rings is 1. The summed E-state index contributed by atoms with van der Waals surface area (Å²) in [6.45, 7) is 6.71. The summed E-state index contributed by atoms with van der Waals surface area (Å²) < 4.78 is 26.9. The molecule has 47 heavy (non-hydrogen) atoms. The summed E-state index contributed by atoms with van der Waals surface area (Å²) in [6.07, 6.45) is 3.30. The van der Waals surface area contributed by atoms with Crippen molar-refractivity contribution in [2.45, 2.75) is 38.0 Å². The van der Waals surface area contributed by atoms with Crippen LogP contribution in [-0.4, -0.2) is 95.8 Å². The number of ketones is 1. The second-order valence-corrected chi connectivity index (χ2v) is 12.6. The van der Waals surface area contributed by atoms with Crippen LogP contribution in [0.15, 0.2) is 67.0 Å². The number of fused-ring (bicyclic) bond motifs is 2. The predicted octanol–water partition coefficient (Wildman–Crippen LogP) is 3.71. The smallest absolute Gasteiger partial charge is 0.213 e. The van der Waals surface area contributed by atoms with E-state index in [4.69, 9.17) is 24.4 Å². The number of hydrogen-bond donors (Lipinski definition) is 1. The highest BCUT2D eigenvalue weighted by Gasteiger charge is 2.37. The molecule has 0 unspecified atom stereocenters. The Bertz CT molecular complexity index is 1670. The molecule has 1 N–H and O–H groups in total. The first-order valence-electron chi connectivity index (χ1n) is 16.2. The van der Waals surface area contributed by atoms with Crippen molar-refractivity contribution in [3.63, 3.8) is 0 Å². The third-order valence-corrected chi connectivity index (χ3v) is 9.19. The average molecular weight is 642 g/mol. The standard InChI is InChI=1S/C35H40FN7O4/c1-23-31(16-30(44)14-26-18-42(12-13-45-2)47-35(26)24-10-11-37-32(36)15-24)43(29-6-4-3-5-7-29)40-34(23)25-8-9-33(38-17-25)41-19-27-21-46-22-28(20-41)39-27/h3-11,15,17,26-28,35,39H,12-14,16,18-22H2,1-2H3/t26-,27-,28+,35+/m1/s1. The number of hydrogen-bond acceptors (Lipinski definition) is 10. The highest BCUT2D eigenvalue weighted by Crippen LogP contribution is 2.37. The van der Waals surface area contributed by atoms with Crippen LogP contribution in [0.5, 0.6) is 0 Å². The molecule has 3 aliphatic heterocycles. The maximum absolute atomic E-state index is 14.1. The Hall–Kier alpha value is -4.07.